The minimum absolute atomic E-state index is 0.401. The van der Waals surface area contributed by atoms with Crippen molar-refractivity contribution in [1.29, 1.82) is 0 Å². The Bertz CT molecular complexity index is 660. The number of carbonyl (C=O) groups is 1. The van der Waals surface area contributed by atoms with Gasteiger partial charge in [-0.25, -0.2) is 4.79 Å². The summed E-state index contributed by atoms with van der Waals surface area (Å²) in [6.07, 6.45) is 7.17. The standard InChI is InChI=1S/C17H21N3O3/c1-4-5-14-16(17(21)22-3)15(10-12(2)20-14)23-9-6-13-11-18-7-8-19-13/h7-8,10-11H,4-6,9H2,1-3H3. The lowest BCUT2D eigenvalue weighted by atomic mass is 10.1. The number of rotatable bonds is 7. The Morgan fingerprint density at radius 1 is 1.26 bits per heavy atom. The maximum Gasteiger partial charge on any atom is 0.343 e. The van der Waals surface area contributed by atoms with Gasteiger partial charge in [0.15, 0.2) is 0 Å². The summed E-state index contributed by atoms with van der Waals surface area (Å²) in [5, 5.41) is 0. The topological polar surface area (TPSA) is 74.2 Å². The predicted octanol–water partition coefficient (Wildman–Crippen LogP) is 2.54. The van der Waals surface area contributed by atoms with Crippen molar-refractivity contribution in [2.24, 2.45) is 0 Å². The molecule has 0 N–H and O–H groups in total. The van der Waals surface area contributed by atoms with Crippen LogP contribution in [0.2, 0.25) is 0 Å². The highest BCUT2D eigenvalue weighted by atomic mass is 16.5. The second kappa shape index (κ2) is 8.22. The number of nitrogens with zero attached hydrogens (tertiary/aromatic N) is 3. The van der Waals surface area contributed by atoms with Crippen molar-refractivity contribution in [3.8, 4) is 5.75 Å². The Balaban J connectivity index is 2.20. The molecule has 0 bridgehead atoms. The molecule has 0 saturated heterocycles. The number of hydrogen-bond acceptors (Lipinski definition) is 6. The lowest BCUT2D eigenvalue weighted by Crippen LogP contribution is -2.13. The largest absolute Gasteiger partial charge is 0.492 e. The molecule has 0 aliphatic heterocycles. The van der Waals surface area contributed by atoms with Crippen LogP contribution in [0.25, 0.3) is 0 Å². The zero-order valence-electron chi connectivity index (χ0n) is 13.7. The van der Waals surface area contributed by atoms with Gasteiger partial charge >= 0.3 is 5.97 Å². The van der Waals surface area contributed by atoms with Crippen molar-refractivity contribution >= 4 is 5.97 Å². The van der Waals surface area contributed by atoms with Gasteiger partial charge < -0.3 is 9.47 Å². The normalized spacial score (nSPS) is 10.4. The van der Waals surface area contributed by atoms with Crippen LogP contribution in [0, 0.1) is 6.92 Å². The molecule has 2 heterocycles. The molecule has 6 heteroatoms. The molecule has 2 rings (SSSR count). The first kappa shape index (κ1) is 16.9. The smallest absolute Gasteiger partial charge is 0.343 e. The van der Waals surface area contributed by atoms with Crippen LogP contribution in [0.4, 0.5) is 0 Å². The van der Waals surface area contributed by atoms with Gasteiger partial charge in [0.2, 0.25) is 0 Å². The zero-order valence-corrected chi connectivity index (χ0v) is 13.7. The Hall–Kier alpha value is -2.50. The molecule has 0 aliphatic rings. The average Bonchev–Trinajstić information content (AvgIpc) is 2.55. The fraction of sp³-hybridized carbons (Fsp3) is 0.412. The van der Waals surface area contributed by atoms with Gasteiger partial charge in [-0.15, -0.1) is 0 Å². The van der Waals surface area contributed by atoms with E-state index in [2.05, 4.69) is 15.0 Å². The van der Waals surface area contributed by atoms with E-state index in [4.69, 9.17) is 9.47 Å². The minimum Gasteiger partial charge on any atom is -0.492 e. The van der Waals surface area contributed by atoms with E-state index in [1.807, 2.05) is 13.8 Å². The van der Waals surface area contributed by atoms with Gasteiger partial charge in [0, 0.05) is 36.8 Å². The number of aromatic nitrogens is 3. The molecular formula is C17H21N3O3. The molecular weight excluding hydrogens is 294 g/mol. The third kappa shape index (κ3) is 4.48. The van der Waals surface area contributed by atoms with Crippen molar-refractivity contribution in [2.75, 3.05) is 13.7 Å². The molecule has 0 radical (unpaired) electrons. The van der Waals surface area contributed by atoms with Gasteiger partial charge in [-0.05, 0) is 13.3 Å². The molecule has 0 unspecified atom stereocenters. The van der Waals surface area contributed by atoms with Crippen molar-refractivity contribution < 1.29 is 14.3 Å². The molecule has 0 aliphatic carbocycles. The first-order valence-electron chi connectivity index (χ1n) is 7.62. The monoisotopic (exact) mass is 315 g/mol. The van der Waals surface area contributed by atoms with Crippen molar-refractivity contribution in [3.05, 3.63) is 47.3 Å². The van der Waals surface area contributed by atoms with Crippen LogP contribution in [0.1, 0.15) is 40.8 Å². The van der Waals surface area contributed by atoms with Crippen molar-refractivity contribution in [2.45, 2.75) is 33.1 Å². The van der Waals surface area contributed by atoms with Crippen LogP contribution >= 0.6 is 0 Å². The van der Waals surface area contributed by atoms with E-state index in [1.54, 1.807) is 24.7 Å². The highest BCUT2D eigenvalue weighted by molar-refractivity contribution is 5.93. The van der Waals surface area contributed by atoms with E-state index >= 15 is 0 Å². The summed E-state index contributed by atoms with van der Waals surface area (Å²) < 4.78 is 10.7. The highest BCUT2D eigenvalue weighted by Crippen LogP contribution is 2.25. The maximum atomic E-state index is 12.1. The van der Waals surface area contributed by atoms with Crippen LogP contribution in [0.15, 0.2) is 24.7 Å². The third-order valence-corrected chi connectivity index (χ3v) is 3.30. The number of aryl methyl sites for hydroxylation is 2. The lowest BCUT2D eigenvalue weighted by molar-refractivity contribution is 0.0594. The Morgan fingerprint density at radius 3 is 2.74 bits per heavy atom. The second-order valence-corrected chi connectivity index (χ2v) is 5.12. The van der Waals surface area contributed by atoms with Gasteiger partial charge in [-0.3, -0.25) is 15.0 Å². The van der Waals surface area contributed by atoms with E-state index in [-0.39, 0.29) is 0 Å². The van der Waals surface area contributed by atoms with Crippen LogP contribution in [0.5, 0.6) is 5.75 Å². The summed E-state index contributed by atoms with van der Waals surface area (Å²) in [4.78, 5) is 24.8. The summed E-state index contributed by atoms with van der Waals surface area (Å²) in [5.74, 6) is 0.0899. The van der Waals surface area contributed by atoms with Gasteiger partial charge in [-0.2, -0.15) is 0 Å². The quantitative estimate of drug-likeness (QED) is 0.731. The first-order chi connectivity index (χ1) is 11.2. The molecule has 0 fully saturated rings. The zero-order chi connectivity index (χ0) is 16.7. The number of carbonyl (C=O) groups excluding carboxylic acids is 1. The predicted molar refractivity (Wildman–Crippen MR) is 85.5 cm³/mol. The summed E-state index contributed by atoms with van der Waals surface area (Å²) >= 11 is 0. The third-order valence-electron chi connectivity index (χ3n) is 3.30. The van der Waals surface area contributed by atoms with Gasteiger partial charge in [0.25, 0.3) is 0 Å². The SMILES string of the molecule is CCCc1nc(C)cc(OCCc2cnccn2)c1C(=O)OC. The minimum atomic E-state index is -0.421. The number of methoxy groups -OCH3 is 1. The first-order valence-corrected chi connectivity index (χ1v) is 7.62. The Kier molecular flexibility index (Phi) is 6.02. The number of ether oxygens (including phenoxy) is 2. The molecule has 6 nitrogen and oxygen atoms in total. The molecule has 2 aromatic rings. The van der Waals surface area contributed by atoms with Crippen molar-refractivity contribution in [1.82, 2.24) is 15.0 Å². The molecule has 0 saturated carbocycles. The lowest BCUT2D eigenvalue weighted by Gasteiger charge is -2.14. The molecule has 0 amide bonds. The highest BCUT2D eigenvalue weighted by Gasteiger charge is 2.20. The molecule has 0 atom stereocenters. The average molecular weight is 315 g/mol. The number of esters is 1. The fourth-order valence-corrected chi connectivity index (χ4v) is 2.28. The molecule has 0 aromatic carbocycles. The van der Waals surface area contributed by atoms with Crippen molar-refractivity contribution in [3.63, 3.8) is 0 Å². The fourth-order valence-electron chi connectivity index (χ4n) is 2.28. The van der Waals surface area contributed by atoms with Crippen LogP contribution in [-0.2, 0) is 17.6 Å². The molecule has 122 valence electrons. The van der Waals surface area contributed by atoms with Crippen LogP contribution in [-0.4, -0.2) is 34.6 Å². The van der Waals surface area contributed by atoms with Gasteiger partial charge in [0.1, 0.15) is 11.3 Å². The van der Waals surface area contributed by atoms with E-state index in [0.717, 1.165) is 17.8 Å². The van der Waals surface area contributed by atoms with E-state index in [0.29, 0.717) is 36.5 Å². The second-order valence-electron chi connectivity index (χ2n) is 5.12. The maximum absolute atomic E-state index is 12.1. The van der Waals surface area contributed by atoms with E-state index < -0.39 is 5.97 Å². The molecule has 2 aromatic heterocycles. The summed E-state index contributed by atoms with van der Waals surface area (Å²) in [6, 6.07) is 1.77. The number of hydrogen-bond donors (Lipinski definition) is 0. The summed E-state index contributed by atoms with van der Waals surface area (Å²) in [5.41, 5.74) is 2.79. The van der Waals surface area contributed by atoms with Crippen LogP contribution < -0.4 is 4.74 Å². The summed E-state index contributed by atoms with van der Waals surface area (Å²) in [6.45, 7) is 4.33. The number of pyridine rings is 1. The van der Waals surface area contributed by atoms with Gasteiger partial charge in [-0.1, -0.05) is 13.3 Å². The summed E-state index contributed by atoms with van der Waals surface area (Å²) in [7, 11) is 1.36. The van der Waals surface area contributed by atoms with Gasteiger partial charge in [0.05, 0.1) is 25.1 Å². The van der Waals surface area contributed by atoms with E-state index in [9.17, 15) is 4.79 Å². The van der Waals surface area contributed by atoms with Crippen LogP contribution in [0.3, 0.4) is 0 Å². The Morgan fingerprint density at radius 2 is 2.09 bits per heavy atom. The molecule has 0 spiro atoms. The van der Waals surface area contributed by atoms with E-state index in [1.165, 1.54) is 7.11 Å². The Labute approximate surface area is 135 Å². The molecule has 23 heavy (non-hydrogen) atoms.